The predicted molar refractivity (Wildman–Crippen MR) is 85.7 cm³/mol. The van der Waals surface area contributed by atoms with Crippen molar-refractivity contribution in [2.75, 3.05) is 20.6 Å². The Hall–Kier alpha value is -0.0800. The molecule has 0 saturated heterocycles. The molecule has 1 saturated carbocycles. The van der Waals surface area contributed by atoms with E-state index < -0.39 is 0 Å². The normalized spacial score (nSPS) is 20.1. The average Bonchev–Trinajstić information content (AvgIpc) is 2.86. The predicted octanol–water partition coefficient (Wildman–Crippen LogP) is 4.20. The van der Waals surface area contributed by atoms with Gasteiger partial charge in [-0.2, -0.15) is 0 Å². The Morgan fingerprint density at radius 3 is 2.26 bits per heavy atom. The maximum atomic E-state index is 3.80. The van der Waals surface area contributed by atoms with E-state index in [0.717, 1.165) is 0 Å². The van der Waals surface area contributed by atoms with E-state index in [0.29, 0.717) is 11.6 Å². The highest BCUT2D eigenvalue weighted by Crippen LogP contribution is 2.33. The van der Waals surface area contributed by atoms with Gasteiger partial charge in [-0.25, -0.2) is 0 Å². The second kappa shape index (κ2) is 8.97. The Labute approximate surface area is 121 Å². The van der Waals surface area contributed by atoms with E-state index >= 15 is 0 Å². The van der Waals surface area contributed by atoms with Crippen LogP contribution in [0.25, 0.3) is 0 Å². The standard InChI is InChI=1S/C17H36N2/c1-5-6-7-8-9-12-16(2)18-15-17(19(3)4)13-10-11-14-17/h16,18H,5-15H2,1-4H3. The van der Waals surface area contributed by atoms with E-state index in [2.05, 4.69) is 38.2 Å². The molecule has 0 aliphatic heterocycles. The van der Waals surface area contributed by atoms with E-state index in [1.807, 2.05) is 0 Å². The van der Waals surface area contributed by atoms with Gasteiger partial charge < -0.3 is 10.2 Å². The number of nitrogens with one attached hydrogen (secondary N) is 1. The lowest BCUT2D eigenvalue weighted by atomic mass is 9.95. The highest BCUT2D eigenvalue weighted by molar-refractivity contribution is 4.94. The zero-order valence-electron chi connectivity index (χ0n) is 13.8. The van der Waals surface area contributed by atoms with Crippen LogP contribution in [0.1, 0.15) is 78.1 Å². The van der Waals surface area contributed by atoms with E-state index in [1.54, 1.807) is 0 Å². The molecule has 1 aliphatic rings. The third-order valence-corrected chi connectivity index (χ3v) is 5.00. The zero-order chi connectivity index (χ0) is 14.1. The van der Waals surface area contributed by atoms with Crippen LogP contribution in [-0.2, 0) is 0 Å². The Morgan fingerprint density at radius 2 is 1.68 bits per heavy atom. The van der Waals surface area contributed by atoms with Gasteiger partial charge in [0, 0.05) is 18.1 Å². The van der Waals surface area contributed by atoms with Crippen molar-refractivity contribution in [3.8, 4) is 0 Å². The fraction of sp³-hybridized carbons (Fsp3) is 1.00. The largest absolute Gasteiger partial charge is 0.312 e. The van der Waals surface area contributed by atoms with Crippen molar-refractivity contribution in [1.29, 1.82) is 0 Å². The number of likely N-dealkylation sites (N-methyl/N-ethyl adjacent to an activating group) is 1. The van der Waals surface area contributed by atoms with Gasteiger partial charge in [0.1, 0.15) is 0 Å². The Balaban J connectivity index is 2.16. The third kappa shape index (κ3) is 5.83. The van der Waals surface area contributed by atoms with E-state index in [1.165, 1.54) is 70.8 Å². The van der Waals surface area contributed by atoms with Crippen molar-refractivity contribution < 1.29 is 0 Å². The summed E-state index contributed by atoms with van der Waals surface area (Å²) in [5.41, 5.74) is 0.441. The molecule has 19 heavy (non-hydrogen) atoms. The summed E-state index contributed by atoms with van der Waals surface area (Å²) in [6, 6.07) is 0.680. The molecule has 0 aromatic carbocycles. The lowest BCUT2D eigenvalue weighted by Gasteiger charge is -2.37. The summed E-state index contributed by atoms with van der Waals surface area (Å²) in [6.45, 7) is 5.82. The van der Waals surface area contributed by atoms with Gasteiger partial charge in [-0.05, 0) is 40.3 Å². The highest BCUT2D eigenvalue weighted by atomic mass is 15.2. The number of rotatable bonds is 10. The molecule has 2 nitrogen and oxygen atoms in total. The van der Waals surface area contributed by atoms with Crippen LogP contribution in [-0.4, -0.2) is 37.1 Å². The minimum absolute atomic E-state index is 0.441. The molecule has 1 fully saturated rings. The molecule has 1 aliphatic carbocycles. The zero-order valence-corrected chi connectivity index (χ0v) is 13.8. The van der Waals surface area contributed by atoms with Crippen molar-refractivity contribution >= 4 is 0 Å². The van der Waals surface area contributed by atoms with Crippen LogP contribution in [0, 0.1) is 0 Å². The van der Waals surface area contributed by atoms with Crippen LogP contribution in [0.5, 0.6) is 0 Å². The molecule has 1 rings (SSSR count). The summed E-state index contributed by atoms with van der Waals surface area (Å²) in [7, 11) is 4.50. The van der Waals surface area contributed by atoms with Crippen LogP contribution in [0.4, 0.5) is 0 Å². The maximum Gasteiger partial charge on any atom is 0.0327 e. The molecule has 0 spiro atoms. The number of nitrogens with zero attached hydrogens (tertiary/aromatic N) is 1. The van der Waals surface area contributed by atoms with Crippen molar-refractivity contribution in [2.24, 2.45) is 0 Å². The van der Waals surface area contributed by atoms with Gasteiger partial charge in [0.25, 0.3) is 0 Å². The van der Waals surface area contributed by atoms with Gasteiger partial charge in [-0.15, -0.1) is 0 Å². The van der Waals surface area contributed by atoms with E-state index in [9.17, 15) is 0 Å². The fourth-order valence-corrected chi connectivity index (χ4v) is 3.34. The number of hydrogen-bond acceptors (Lipinski definition) is 2. The van der Waals surface area contributed by atoms with Crippen molar-refractivity contribution in [3.63, 3.8) is 0 Å². The molecule has 0 radical (unpaired) electrons. The van der Waals surface area contributed by atoms with Crippen LogP contribution < -0.4 is 5.32 Å². The first-order valence-corrected chi connectivity index (χ1v) is 8.51. The van der Waals surface area contributed by atoms with Gasteiger partial charge >= 0.3 is 0 Å². The van der Waals surface area contributed by atoms with Crippen LogP contribution in [0.3, 0.4) is 0 Å². The molecule has 1 unspecified atom stereocenters. The molecule has 1 atom stereocenters. The summed E-state index contributed by atoms with van der Waals surface area (Å²) in [5, 5.41) is 3.80. The minimum Gasteiger partial charge on any atom is -0.312 e. The Kier molecular flexibility index (Phi) is 8.01. The molecule has 0 bridgehead atoms. The topological polar surface area (TPSA) is 15.3 Å². The first kappa shape index (κ1) is 17.0. The molecule has 0 heterocycles. The quantitative estimate of drug-likeness (QED) is 0.597. The van der Waals surface area contributed by atoms with Gasteiger partial charge in [0.05, 0.1) is 0 Å². The van der Waals surface area contributed by atoms with Crippen LogP contribution in [0.2, 0.25) is 0 Å². The lowest BCUT2D eigenvalue weighted by Crippen LogP contribution is -2.51. The molecule has 2 heteroatoms. The van der Waals surface area contributed by atoms with Crippen molar-refractivity contribution in [3.05, 3.63) is 0 Å². The minimum atomic E-state index is 0.441. The second-order valence-corrected chi connectivity index (χ2v) is 6.81. The molecule has 1 N–H and O–H groups in total. The first-order chi connectivity index (χ1) is 9.10. The molecular weight excluding hydrogens is 232 g/mol. The number of hydrogen-bond donors (Lipinski definition) is 1. The first-order valence-electron chi connectivity index (χ1n) is 8.51. The molecule has 114 valence electrons. The molecular formula is C17H36N2. The van der Waals surface area contributed by atoms with Crippen LogP contribution in [0.15, 0.2) is 0 Å². The highest BCUT2D eigenvalue weighted by Gasteiger charge is 2.35. The smallest absolute Gasteiger partial charge is 0.0327 e. The van der Waals surface area contributed by atoms with Gasteiger partial charge in [-0.1, -0.05) is 51.9 Å². The maximum absolute atomic E-state index is 3.80. The number of unbranched alkanes of at least 4 members (excludes halogenated alkanes) is 4. The Morgan fingerprint density at radius 1 is 1.05 bits per heavy atom. The summed E-state index contributed by atoms with van der Waals surface area (Å²) >= 11 is 0. The summed E-state index contributed by atoms with van der Waals surface area (Å²) in [6.07, 6.45) is 13.9. The average molecular weight is 268 g/mol. The van der Waals surface area contributed by atoms with E-state index in [-0.39, 0.29) is 0 Å². The van der Waals surface area contributed by atoms with E-state index in [4.69, 9.17) is 0 Å². The molecule has 0 aromatic heterocycles. The van der Waals surface area contributed by atoms with Gasteiger partial charge in [-0.3, -0.25) is 0 Å². The second-order valence-electron chi connectivity index (χ2n) is 6.81. The van der Waals surface area contributed by atoms with Crippen molar-refractivity contribution in [2.45, 2.75) is 89.6 Å². The fourth-order valence-electron chi connectivity index (χ4n) is 3.34. The Bertz CT molecular complexity index is 219. The molecule has 0 amide bonds. The van der Waals surface area contributed by atoms with Crippen molar-refractivity contribution in [1.82, 2.24) is 10.2 Å². The van der Waals surface area contributed by atoms with Gasteiger partial charge in [0.2, 0.25) is 0 Å². The SMILES string of the molecule is CCCCCCCC(C)NCC1(N(C)C)CCCC1. The third-order valence-electron chi connectivity index (χ3n) is 5.00. The lowest BCUT2D eigenvalue weighted by molar-refractivity contribution is 0.149. The summed E-state index contributed by atoms with van der Waals surface area (Å²) in [5.74, 6) is 0. The van der Waals surface area contributed by atoms with Crippen LogP contribution >= 0.6 is 0 Å². The molecule has 0 aromatic rings. The summed E-state index contributed by atoms with van der Waals surface area (Å²) in [4.78, 5) is 2.46. The summed E-state index contributed by atoms with van der Waals surface area (Å²) < 4.78 is 0. The van der Waals surface area contributed by atoms with Gasteiger partial charge in [0.15, 0.2) is 0 Å². The monoisotopic (exact) mass is 268 g/mol.